The fourth-order valence-electron chi connectivity index (χ4n) is 1.85. The molecule has 2 aromatic carbocycles. The molecule has 1 atom stereocenters. The van der Waals surface area contributed by atoms with Gasteiger partial charge >= 0.3 is 5.97 Å². The number of anilines is 1. The smallest absolute Gasteiger partial charge is 0.339 e. The van der Waals surface area contributed by atoms with Crippen molar-refractivity contribution in [2.24, 2.45) is 0 Å². The lowest BCUT2D eigenvalue weighted by molar-refractivity contribution is -0.123. The van der Waals surface area contributed by atoms with Gasteiger partial charge in [0.05, 0.1) is 12.7 Å². The summed E-state index contributed by atoms with van der Waals surface area (Å²) in [6, 6.07) is 8.70. The average Bonchev–Trinajstić information content (AvgIpc) is 2.56. The maximum atomic E-state index is 13.6. The van der Waals surface area contributed by atoms with Crippen LogP contribution in [0.25, 0.3) is 0 Å². The third kappa shape index (κ3) is 4.28. The molecule has 0 heterocycles. The summed E-state index contributed by atoms with van der Waals surface area (Å²) >= 11 is 0. The molecule has 2 aromatic rings. The molecule has 0 aliphatic rings. The van der Waals surface area contributed by atoms with Crippen LogP contribution in [0.1, 0.15) is 17.3 Å². The number of amides is 1. The Morgan fingerprint density at radius 1 is 1.08 bits per heavy atom. The second-order valence-corrected chi connectivity index (χ2v) is 4.89. The van der Waals surface area contributed by atoms with E-state index < -0.39 is 29.6 Å². The highest BCUT2D eigenvalue weighted by molar-refractivity contribution is 5.97. The van der Waals surface area contributed by atoms with Crippen LogP contribution < -0.4 is 10.1 Å². The Balaban J connectivity index is 1.98. The molecule has 0 fully saturated rings. The normalized spacial score (nSPS) is 11.5. The summed E-state index contributed by atoms with van der Waals surface area (Å²) in [5.74, 6) is -2.60. The molecule has 0 aliphatic carbocycles. The van der Waals surface area contributed by atoms with Crippen LogP contribution in [-0.2, 0) is 9.53 Å². The first-order chi connectivity index (χ1) is 11.4. The van der Waals surface area contributed by atoms with Gasteiger partial charge in [-0.05, 0) is 49.4 Å². The summed E-state index contributed by atoms with van der Waals surface area (Å²) in [4.78, 5) is 23.9. The number of hydrogen-bond acceptors (Lipinski definition) is 4. The summed E-state index contributed by atoms with van der Waals surface area (Å²) in [5, 5.41) is 2.48. The van der Waals surface area contributed by atoms with Gasteiger partial charge in [-0.25, -0.2) is 13.6 Å². The summed E-state index contributed by atoms with van der Waals surface area (Å²) in [6.07, 6.45) is -1.12. The zero-order chi connectivity index (χ0) is 17.7. The van der Waals surface area contributed by atoms with E-state index in [1.807, 2.05) is 0 Å². The summed E-state index contributed by atoms with van der Waals surface area (Å²) in [6.45, 7) is 1.37. The molecule has 0 saturated heterocycles. The number of rotatable bonds is 5. The maximum Gasteiger partial charge on any atom is 0.339 e. The van der Waals surface area contributed by atoms with Gasteiger partial charge in [0, 0.05) is 5.69 Å². The lowest BCUT2D eigenvalue weighted by Gasteiger charge is -2.14. The van der Waals surface area contributed by atoms with E-state index in [-0.39, 0.29) is 11.3 Å². The Hall–Kier alpha value is -2.96. The number of hydrogen-bond donors (Lipinski definition) is 1. The van der Waals surface area contributed by atoms with E-state index in [1.54, 1.807) is 0 Å². The molecule has 0 spiro atoms. The third-order valence-corrected chi connectivity index (χ3v) is 3.15. The zero-order valence-corrected chi connectivity index (χ0v) is 13.0. The minimum Gasteiger partial charge on any atom is -0.494 e. The molecular weight excluding hydrogens is 320 g/mol. The topological polar surface area (TPSA) is 64.6 Å². The van der Waals surface area contributed by atoms with E-state index in [9.17, 15) is 18.4 Å². The Bertz CT molecular complexity index is 747. The Kier molecular flexibility index (Phi) is 5.47. The SMILES string of the molecule is COc1ccc(C(=O)O[C@H](C)C(=O)Nc2ccc(F)cc2)cc1F. The predicted octanol–water partition coefficient (Wildman–Crippen LogP) is 3.16. The van der Waals surface area contributed by atoms with Gasteiger partial charge in [-0.3, -0.25) is 4.79 Å². The number of carbonyl (C=O) groups is 2. The fourth-order valence-corrected chi connectivity index (χ4v) is 1.85. The van der Waals surface area contributed by atoms with E-state index in [0.717, 1.165) is 6.07 Å². The molecule has 7 heteroatoms. The third-order valence-electron chi connectivity index (χ3n) is 3.15. The molecule has 0 aromatic heterocycles. The van der Waals surface area contributed by atoms with E-state index in [1.165, 1.54) is 50.4 Å². The van der Waals surface area contributed by atoms with E-state index in [4.69, 9.17) is 9.47 Å². The maximum absolute atomic E-state index is 13.6. The first-order valence-corrected chi connectivity index (χ1v) is 7.01. The molecule has 0 unspecified atom stereocenters. The first-order valence-electron chi connectivity index (χ1n) is 7.01. The highest BCUT2D eigenvalue weighted by atomic mass is 19.1. The number of halogens is 2. The van der Waals surface area contributed by atoms with Crippen LogP contribution in [0.4, 0.5) is 14.5 Å². The molecule has 0 aliphatic heterocycles. The quantitative estimate of drug-likeness (QED) is 0.853. The molecule has 1 amide bonds. The van der Waals surface area contributed by atoms with Crippen molar-refractivity contribution in [3.8, 4) is 5.75 Å². The Morgan fingerprint density at radius 2 is 1.75 bits per heavy atom. The monoisotopic (exact) mass is 335 g/mol. The molecule has 0 saturated carbocycles. The number of benzene rings is 2. The lowest BCUT2D eigenvalue weighted by Crippen LogP contribution is -2.30. The van der Waals surface area contributed by atoms with Crippen molar-refractivity contribution < 1.29 is 27.8 Å². The van der Waals surface area contributed by atoms with E-state index in [0.29, 0.717) is 5.69 Å². The predicted molar refractivity (Wildman–Crippen MR) is 82.9 cm³/mol. The van der Waals surface area contributed by atoms with Crippen molar-refractivity contribution in [2.75, 3.05) is 12.4 Å². The molecule has 0 radical (unpaired) electrons. The van der Waals surface area contributed by atoms with Crippen molar-refractivity contribution in [1.29, 1.82) is 0 Å². The van der Waals surface area contributed by atoms with Gasteiger partial charge in [-0.1, -0.05) is 0 Å². The van der Waals surface area contributed by atoms with Crippen LogP contribution in [0.15, 0.2) is 42.5 Å². The van der Waals surface area contributed by atoms with Crippen LogP contribution >= 0.6 is 0 Å². The number of ether oxygens (including phenoxy) is 2. The largest absolute Gasteiger partial charge is 0.494 e. The molecular formula is C17H15F2NO4. The van der Waals surface area contributed by atoms with Gasteiger partial charge in [-0.2, -0.15) is 0 Å². The Labute approximate surface area is 137 Å². The average molecular weight is 335 g/mol. The van der Waals surface area contributed by atoms with Gasteiger partial charge in [0.2, 0.25) is 0 Å². The van der Waals surface area contributed by atoms with Gasteiger partial charge in [0.1, 0.15) is 5.82 Å². The van der Waals surface area contributed by atoms with Crippen molar-refractivity contribution in [3.05, 3.63) is 59.7 Å². The molecule has 126 valence electrons. The van der Waals surface area contributed by atoms with Gasteiger partial charge < -0.3 is 14.8 Å². The highest BCUT2D eigenvalue weighted by Crippen LogP contribution is 2.18. The molecule has 1 N–H and O–H groups in total. The van der Waals surface area contributed by atoms with E-state index >= 15 is 0 Å². The van der Waals surface area contributed by atoms with Crippen LogP contribution in [0.3, 0.4) is 0 Å². The van der Waals surface area contributed by atoms with Crippen LogP contribution in [-0.4, -0.2) is 25.1 Å². The Morgan fingerprint density at radius 3 is 2.33 bits per heavy atom. The van der Waals surface area contributed by atoms with Crippen LogP contribution in [0, 0.1) is 11.6 Å². The standard InChI is InChI=1S/C17H15F2NO4/c1-10(16(21)20-13-6-4-12(18)5-7-13)24-17(22)11-3-8-15(23-2)14(19)9-11/h3-10H,1-2H3,(H,20,21)/t10-/m1/s1. The minimum absolute atomic E-state index is 0.00588. The molecule has 0 bridgehead atoms. The van der Waals surface area contributed by atoms with Gasteiger partial charge in [-0.15, -0.1) is 0 Å². The second-order valence-electron chi connectivity index (χ2n) is 4.89. The summed E-state index contributed by atoms with van der Waals surface area (Å²) in [7, 11) is 1.30. The van der Waals surface area contributed by atoms with Gasteiger partial charge in [0.15, 0.2) is 17.7 Å². The minimum atomic E-state index is -1.12. The van der Waals surface area contributed by atoms with Crippen molar-refractivity contribution in [1.82, 2.24) is 0 Å². The van der Waals surface area contributed by atoms with E-state index in [2.05, 4.69) is 5.32 Å². The number of methoxy groups -OCH3 is 1. The van der Waals surface area contributed by atoms with Crippen molar-refractivity contribution in [2.45, 2.75) is 13.0 Å². The molecule has 5 nitrogen and oxygen atoms in total. The lowest BCUT2D eigenvalue weighted by atomic mass is 10.2. The molecule has 2 rings (SSSR count). The molecule has 24 heavy (non-hydrogen) atoms. The van der Waals surface area contributed by atoms with Crippen LogP contribution in [0.2, 0.25) is 0 Å². The van der Waals surface area contributed by atoms with Crippen molar-refractivity contribution in [3.63, 3.8) is 0 Å². The first kappa shape index (κ1) is 17.4. The summed E-state index contributed by atoms with van der Waals surface area (Å²) < 4.78 is 36.1. The fraction of sp³-hybridized carbons (Fsp3) is 0.176. The zero-order valence-electron chi connectivity index (χ0n) is 13.0. The van der Waals surface area contributed by atoms with Gasteiger partial charge in [0.25, 0.3) is 5.91 Å². The number of carbonyl (C=O) groups excluding carboxylic acids is 2. The number of nitrogens with one attached hydrogen (secondary N) is 1. The summed E-state index contributed by atoms with van der Waals surface area (Å²) in [5.41, 5.74) is 0.314. The van der Waals surface area contributed by atoms with Crippen molar-refractivity contribution >= 4 is 17.6 Å². The van der Waals surface area contributed by atoms with Crippen LogP contribution in [0.5, 0.6) is 5.75 Å². The highest BCUT2D eigenvalue weighted by Gasteiger charge is 2.20. The second kappa shape index (κ2) is 7.54. The number of esters is 1.